The molecule has 0 aromatic heterocycles. The Balaban J connectivity index is 2.28. The minimum atomic E-state index is -0.417. The summed E-state index contributed by atoms with van der Waals surface area (Å²) in [5.41, 5.74) is 1.13. The fourth-order valence-electron chi connectivity index (χ4n) is 2.70. The van der Waals surface area contributed by atoms with Crippen molar-refractivity contribution in [3.05, 3.63) is 35.1 Å². The van der Waals surface area contributed by atoms with Crippen molar-refractivity contribution in [2.75, 3.05) is 6.54 Å². The maximum absolute atomic E-state index is 13.8. The van der Waals surface area contributed by atoms with Crippen molar-refractivity contribution < 1.29 is 9.18 Å². The number of hydrogen-bond acceptors (Lipinski definition) is 1. The second-order valence-corrected chi connectivity index (χ2v) is 5.44. The quantitative estimate of drug-likeness (QED) is 0.786. The highest BCUT2D eigenvalue weighted by atomic mass is 19.1. The Kier molecular flexibility index (Phi) is 3.69. The van der Waals surface area contributed by atoms with Gasteiger partial charge < -0.3 is 4.90 Å². The van der Waals surface area contributed by atoms with Crippen LogP contribution in [0, 0.1) is 18.7 Å². The van der Waals surface area contributed by atoms with Gasteiger partial charge in [-0.25, -0.2) is 4.39 Å². The molecule has 1 saturated heterocycles. The molecule has 1 aliphatic rings. The van der Waals surface area contributed by atoms with Crippen molar-refractivity contribution in [3.63, 3.8) is 0 Å². The van der Waals surface area contributed by atoms with Crippen LogP contribution in [0.5, 0.6) is 0 Å². The molecule has 0 aliphatic carbocycles. The maximum atomic E-state index is 13.8. The SMILES string of the molecule is Cc1ccc(F)c(C(=O)N2CCCC2C(C)C)c1. The van der Waals surface area contributed by atoms with Gasteiger partial charge in [-0.2, -0.15) is 0 Å². The summed E-state index contributed by atoms with van der Waals surface area (Å²) in [6.45, 7) is 6.85. The second kappa shape index (κ2) is 5.09. The summed E-state index contributed by atoms with van der Waals surface area (Å²) in [5, 5.41) is 0. The topological polar surface area (TPSA) is 20.3 Å². The first-order chi connectivity index (χ1) is 8.50. The monoisotopic (exact) mass is 249 g/mol. The summed E-state index contributed by atoms with van der Waals surface area (Å²) in [6, 6.07) is 4.96. The smallest absolute Gasteiger partial charge is 0.257 e. The Bertz CT molecular complexity index is 456. The van der Waals surface area contributed by atoms with Crippen LogP contribution in [0.15, 0.2) is 18.2 Å². The van der Waals surface area contributed by atoms with Crippen LogP contribution in [0.25, 0.3) is 0 Å². The van der Waals surface area contributed by atoms with E-state index in [1.54, 1.807) is 12.1 Å². The number of carbonyl (C=O) groups is 1. The van der Waals surface area contributed by atoms with Crippen molar-refractivity contribution in [1.29, 1.82) is 0 Å². The van der Waals surface area contributed by atoms with Crippen molar-refractivity contribution in [2.45, 2.75) is 39.7 Å². The molecule has 1 amide bonds. The first-order valence-corrected chi connectivity index (χ1v) is 6.58. The average molecular weight is 249 g/mol. The Labute approximate surface area is 108 Å². The molecule has 1 heterocycles. The lowest BCUT2D eigenvalue weighted by atomic mass is 10.0. The van der Waals surface area contributed by atoms with Crippen molar-refractivity contribution >= 4 is 5.91 Å². The van der Waals surface area contributed by atoms with Gasteiger partial charge in [-0.1, -0.05) is 25.5 Å². The van der Waals surface area contributed by atoms with Gasteiger partial charge in [0.15, 0.2) is 0 Å². The summed E-state index contributed by atoms with van der Waals surface area (Å²) in [7, 11) is 0. The number of nitrogens with zero attached hydrogens (tertiary/aromatic N) is 1. The van der Waals surface area contributed by atoms with Gasteiger partial charge in [-0.15, -0.1) is 0 Å². The molecule has 18 heavy (non-hydrogen) atoms. The molecule has 2 nitrogen and oxygen atoms in total. The Morgan fingerprint density at radius 3 is 2.83 bits per heavy atom. The van der Waals surface area contributed by atoms with E-state index in [1.807, 2.05) is 11.8 Å². The van der Waals surface area contributed by atoms with E-state index in [1.165, 1.54) is 6.07 Å². The van der Waals surface area contributed by atoms with E-state index in [4.69, 9.17) is 0 Å². The van der Waals surface area contributed by atoms with E-state index < -0.39 is 5.82 Å². The minimum Gasteiger partial charge on any atom is -0.335 e. The van der Waals surface area contributed by atoms with Gasteiger partial charge in [-0.05, 0) is 37.8 Å². The number of likely N-dealkylation sites (tertiary alicyclic amines) is 1. The first-order valence-electron chi connectivity index (χ1n) is 6.58. The number of aryl methyl sites for hydroxylation is 1. The molecule has 2 rings (SSSR count). The van der Waals surface area contributed by atoms with E-state index in [0.717, 1.165) is 24.9 Å². The molecule has 0 radical (unpaired) electrons. The zero-order valence-electron chi connectivity index (χ0n) is 11.2. The van der Waals surface area contributed by atoms with E-state index in [2.05, 4.69) is 13.8 Å². The molecule has 1 atom stereocenters. The Morgan fingerprint density at radius 1 is 1.44 bits per heavy atom. The third kappa shape index (κ3) is 2.40. The molecule has 3 heteroatoms. The van der Waals surface area contributed by atoms with Gasteiger partial charge in [0.1, 0.15) is 5.82 Å². The van der Waals surface area contributed by atoms with Crippen LogP contribution in [0.1, 0.15) is 42.6 Å². The van der Waals surface area contributed by atoms with Gasteiger partial charge in [0, 0.05) is 12.6 Å². The standard InChI is InChI=1S/C15H20FNO/c1-10(2)14-5-4-8-17(14)15(18)12-9-11(3)6-7-13(12)16/h6-7,9-10,14H,4-5,8H2,1-3H3. The summed E-state index contributed by atoms with van der Waals surface area (Å²) >= 11 is 0. The van der Waals surface area contributed by atoms with E-state index >= 15 is 0 Å². The number of amides is 1. The largest absolute Gasteiger partial charge is 0.335 e. The van der Waals surface area contributed by atoms with Crippen molar-refractivity contribution in [3.8, 4) is 0 Å². The minimum absolute atomic E-state index is 0.160. The number of rotatable bonds is 2. The molecule has 1 fully saturated rings. The van der Waals surface area contributed by atoms with Gasteiger partial charge in [0.2, 0.25) is 0 Å². The van der Waals surface area contributed by atoms with E-state index in [-0.39, 0.29) is 17.5 Å². The molecule has 1 unspecified atom stereocenters. The Hall–Kier alpha value is -1.38. The molecule has 1 aromatic carbocycles. The molecular weight excluding hydrogens is 229 g/mol. The molecule has 1 aliphatic heterocycles. The lowest BCUT2D eigenvalue weighted by Crippen LogP contribution is -2.38. The van der Waals surface area contributed by atoms with E-state index in [0.29, 0.717) is 5.92 Å². The molecule has 0 spiro atoms. The van der Waals surface area contributed by atoms with Gasteiger partial charge in [0.05, 0.1) is 5.56 Å². The molecule has 0 bridgehead atoms. The van der Waals surface area contributed by atoms with Crippen LogP contribution in [-0.4, -0.2) is 23.4 Å². The molecule has 1 aromatic rings. The third-order valence-electron chi connectivity index (χ3n) is 3.68. The van der Waals surface area contributed by atoms with Crippen LogP contribution in [0.2, 0.25) is 0 Å². The summed E-state index contributed by atoms with van der Waals surface area (Å²) in [6.07, 6.45) is 2.04. The van der Waals surface area contributed by atoms with Crippen LogP contribution < -0.4 is 0 Å². The van der Waals surface area contributed by atoms with E-state index in [9.17, 15) is 9.18 Å². The first kappa shape index (κ1) is 13.1. The lowest BCUT2D eigenvalue weighted by Gasteiger charge is -2.28. The lowest BCUT2D eigenvalue weighted by molar-refractivity contribution is 0.0696. The second-order valence-electron chi connectivity index (χ2n) is 5.44. The fraction of sp³-hybridized carbons (Fsp3) is 0.533. The van der Waals surface area contributed by atoms with Crippen LogP contribution in [0.4, 0.5) is 4.39 Å². The van der Waals surface area contributed by atoms with Crippen LogP contribution in [-0.2, 0) is 0 Å². The number of halogens is 1. The third-order valence-corrected chi connectivity index (χ3v) is 3.68. The predicted molar refractivity (Wildman–Crippen MR) is 70.0 cm³/mol. The summed E-state index contributed by atoms with van der Waals surface area (Å²) < 4.78 is 13.8. The maximum Gasteiger partial charge on any atom is 0.257 e. The van der Waals surface area contributed by atoms with Crippen molar-refractivity contribution in [2.24, 2.45) is 5.92 Å². The fourth-order valence-corrected chi connectivity index (χ4v) is 2.70. The number of carbonyl (C=O) groups excluding carboxylic acids is 1. The zero-order valence-corrected chi connectivity index (χ0v) is 11.2. The predicted octanol–water partition coefficient (Wildman–Crippen LogP) is 3.39. The van der Waals surface area contributed by atoms with Gasteiger partial charge in [0.25, 0.3) is 5.91 Å². The molecule has 0 saturated carbocycles. The van der Waals surface area contributed by atoms with Crippen molar-refractivity contribution in [1.82, 2.24) is 4.90 Å². The molecular formula is C15H20FNO. The molecule has 98 valence electrons. The highest BCUT2D eigenvalue weighted by molar-refractivity contribution is 5.95. The number of hydrogen-bond donors (Lipinski definition) is 0. The zero-order chi connectivity index (χ0) is 13.3. The Morgan fingerprint density at radius 2 is 2.17 bits per heavy atom. The van der Waals surface area contributed by atoms with Gasteiger partial charge >= 0.3 is 0 Å². The summed E-state index contributed by atoms with van der Waals surface area (Å²) in [5.74, 6) is -0.156. The number of benzene rings is 1. The highest BCUT2D eigenvalue weighted by Crippen LogP contribution is 2.26. The normalized spacial score (nSPS) is 19.6. The average Bonchev–Trinajstić information content (AvgIpc) is 2.80. The highest BCUT2D eigenvalue weighted by Gasteiger charge is 2.32. The molecule has 0 N–H and O–H groups in total. The van der Waals surface area contributed by atoms with Crippen LogP contribution >= 0.6 is 0 Å². The summed E-state index contributed by atoms with van der Waals surface area (Å²) in [4.78, 5) is 14.3. The van der Waals surface area contributed by atoms with Gasteiger partial charge in [-0.3, -0.25) is 4.79 Å². The van der Waals surface area contributed by atoms with Crippen LogP contribution in [0.3, 0.4) is 0 Å².